The molecule has 1 atom stereocenters. The third-order valence-corrected chi connectivity index (χ3v) is 5.48. The van der Waals surface area contributed by atoms with E-state index in [9.17, 15) is 4.79 Å². The Balaban J connectivity index is 1.47. The molecule has 1 unspecified atom stereocenters. The molecule has 0 aliphatic carbocycles. The Kier molecular flexibility index (Phi) is 5.90. The fraction of sp³-hybridized carbons (Fsp3) is 0.0741. The first-order chi connectivity index (χ1) is 16.6. The van der Waals surface area contributed by atoms with Crippen LogP contribution < -0.4 is 10.5 Å². The second-order valence-corrected chi connectivity index (χ2v) is 7.95. The predicted molar refractivity (Wildman–Crippen MR) is 131 cm³/mol. The van der Waals surface area contributed by atoms with Crippen LogP contribution in [-0.2, 0) is 11.2 Å². The van der Waals surface area contributed by atoms with Crippen molar-refractivity contribution in [3.63, 3.8) is 0 Å². The van der Waals surface area contributed by atoms with E-state index in [4.69, 9.17) is 10.5 Å². The van der Waals surface area contributed by atoms with Crippen molar-refractivity contribution >= 4 is 22.9 Å². The van der Waals surface area contributed by atoms with Crippen molar-refractivity contribution in [3.05, 3.63) is 114 Å². The molecular formula is C27H23N5O2. The molecule has 34 heavy (non-hydrogen) atoms. The van der Waals surface area contributed by atoms with Crippen molar-refractivity contribution in [2.45, 2.75) is 12.5 Å². The van der Waals surface area contributed by atoms with Gasteiger partial charge in [-0.25, -0.2) is 4.68 Å². The van der Waals surface area contributed by atoms with E-state index in [1.807, 2.05) is 66.7 Å². The van der Waals surface area contributed by atoms with Crippen LogP contribution in [0.5, 0.6) is 11.5 Å². The zero-order valence-electron chi connectivity index (χ0n) is 18.3. The quantitative estimate of drug-likeness (QED) is 0.330. The average molecular weight is 450 g/mol. The van der Waals surface area contributed by atoms with E-state index in [-0.39, 0.29) is 6.04 Å². The van der Waals surface area contributed by atoms with Gasteiger partial charge in [-0.15, -0.1) is 5.10 Å². The van der Waals surface area contributed by atoms with Crippen LogP contribution in [-0.4, -0.2) is 25.9 Å². The maximum absolute atomic E-state index is 11.1. The normalized spacial score (nSPS) is 12.2. The van der Waals surface area contributed by atoms with Gasteiger partial charge in [0, 0.05) is 23.7 Å². The van der Waals surface area contributed by atoms with Crippen LogP contribution in [0.1, 0.15) is 23.0 Å². The number of ether oxygens (including phenoxy) is 1. The molecule has 2 aromatic heterocycles. The van der Waals surface area contributed by atoms with Gasteiger partial charge in [-0.3, -0.25) is 4.79 Å². The summed E-state index contributed by atoms with van der Waals surface area (Å²) in [6.07, 6.45) is 5.29. The van der Waals surface area contributed by atoms with Crippen LogP contribution in [0.3, 0.4) is 0 Å². The van der Waals surface area contributed by atoms with Crippen molar-refractivity contribution in [1.82, 2.24) is 20.0 Å². The van der Waals surface area contributed by atoms with Crippen LogP contribution in [0.25, 0.3) is 17.0 Å². The SMILES string of the molecule is NC(=O)C=Cc1cn(C(Cc2cccc(Oc3ccccc3)c2)c2cc3ccccc3[nH]2)nn1. The molecule has 7 nitrogen and oxygen atoms in total. The fourth-order valence-corrected chi connectivity index (χ4v) is 3.89. The molecule has 0 fully saturated rings. The molecule has 5 aromatic rings. The number of carbonyl (C=O) groups is 1. The summed E-state index contributed by atoms with van der Waals surface area (Å²) in [4.78, 5) is 14.6. The molecule has 3 N–H and O–H groups in total. The highest BCUT2D eigenvalue weighted by atomic mass is 16.5. The van der Waals surface area contributed by atoms with Crippen LogP contribution >= 0.6 is 0 Å². The van der Waals surface area contributed by atoms with Gasteiger partial charge in [0.25, 0.3) is 0 Å². The first kappa shape index (κ1) is 21.2. The fourth-order valence-electron chi connectivity index (χ4n) is 3.89. The molecule has 0 aliphatic rings. The van der Waals surface area contributed by atoms with E-state index in [0.29, 0.717) is 12.1 Å². The lowest BCUT2D eigenvalue weighted by Crippen LogP contribution is -2.15. The third-order valence-electron chi connectivity index (χ3n) is 5.48. The molecule has 1 amide bonds. The summed E-state index contributed by atoms with van der Waals surface area (Å²) in [6.45, 7) is 0. The van der Waals surface area contributed by atoms with Crippen molar-refractivity contribution in [1.29, 1.82) is 0 Å². The lowest BCUT2D eigenvalue weighted by Gasteiger charge is -2.16. The van der Waals surface area contributed by atoms with Gasteiger partial charge in [0.1, 0.15) is 17.2 Å². The van der Waals surface area contributed by atoms with Gasteiger partial charge in [-0.05, 0) is 53.4 Å². The highest BCUT2D eigenvalue weighted by molar-refractivity contribution is 5.89. The maximum atomic E-state index is 11.1. The summed E-state index contributed by atoms with van der Waals surface area (Å²) in [6, 6.07) is 27.8. The number of carbonyl (C=O) groups excluding carboxylic acids is 1. The van der Waals surface area contributed by atoms with Gasteiger partial charge in [0.2, 0.25) is 5.91 Å². The van der Waals surface area contributed by atoms with Crippen LogP contribution in [0.2, 0.25) is 0 Å². The Hall–Kier alpha value is -4.65. The minimum absolute atomic E-state index is 0.150. The molecule has 3 aromatic carbocycles. The molecule has 0 aliphatic heterocycles. The number of amides is 1. The third kappa shape index (κ3) is 4.88. The summed E-state index contributed by atoms with van der Waals surface area (Å²) in [5, 5.41) is 9.65. The smallest absolute Gasteiger partial charge is 0.241 e. The van der Waals surface area contributed by atoms with Crippen molar-refractivity contribution in [2.24, 2.45) is 5.73 Å². The molecule has 2 heterocycles. The number of benzene rings is 3. The Labute approximate surface area is 196 Å². The summed E-state index contributed by atoms with van der Waals surface area (Å²) in [5.74, 6) is 1.02. The molecule has 0 saturated carbocycles. The molecular weight excluding hydrogens is 426 g/mol. The number of para-hydroxylation sites is 2. The van der Waals surface area contributed by atoms with Crippen molar-refractivity contribution in [3.8, 4) is 11.5 Å². The Morgan fingerprint density at radius 2 is 1.79 bits per heavy atom. The number of aromatic amines is 1. The number of nitrogens with zero attached hydrogens (tertiary/aromatic N) is 3. The summed E-state index contributed by atoms with van der Waals surface area (Å²) in [7, 11) is 0. The van der Waals surface area contributed by atoms with E-state index < -0.39 is 5.91 Å². The van der Waals surface area contributed by atoms with Gasteiger partial charge in [0.05, 0.1) is 12.2 Å². The monoisotopic (exact) mass is 449 g/mol. The highest BCUT2D eigenvalue weighted by Crippen LogP contribution is 2.28. The van der Waals surface area contributed by atoms with Crippen LogP contribution in [0.4, 0.5) is 0 Å². The predicted octanol–water partition coefficient (Wildman–Crippen LogP) is 4.88. The van der Waals surface area contributed by atoms with Crippen molar-refractivity contribution in [2.75, 3.05) is 0 Å². The summed E-state index contributed by atoms with van der Waals surface area (Å²) < 4.78 is 7.82. The number of primary amides is 1. The Morgan fingerprint density at radius 1 is 1.00 bits per heavy atom. The van der Waals surface area contributed by atoms with Gasteiger partial charge < -0.3 is 15.5 Å². The Bertz CT molecular complexity index is 1420. The number of H-pyrrole nitrogens is 1. The molecule has 0 spiro atoms. The zero-order chi connectivity index (χ0) is 23.3. The van der Waals surface area contributed by atoms with Crippen LogP contribution in [0, 0.1) is 0 Å². The van der Waals surface area contributed by atoms with E-state index in [0.717, 1.165) is 33.7 Å². The van der Waals surface area contributed by atoms with Crippen molar-refractivity contribution < 1.29 is 9.53 Å². The standard InChI is InChI=1S/C27H23N5O2/c28-27(33)14-13-21-18-32(31-30-21)26(25-17-20-8-4-5-12-24(20)29-25)16-19-7-6-11-23(15-19)34-22-9-2-1-3-10-22/h1-15,17-18,26,29H,16H2,(H2,28,33). The number of nitrogens with two attached hydrogens (primary N) is 1. The average Bonchev–Trinajstić information content (AvgIpc) is 3.49. The number of fused-ring (bicyclic) bond motifs is 1. The number of rotatable bonds is 8. The van der Waals surface area contributed by atoms with Gasteiger partial charge in [-0.2, -0.15) is 0 Å². The van der Waals surface area contributed by atoms with E-state index >= 15 is 0 Å². The molecule has 5 rings (SSSR count). The number of aromatic nitrogens is 4. The van der Waals surface area contributed by atoms with Gasteiger partial charge >= 0.3 is 0 Å². The lowest BCUT2D eigenvalue weighted by molar-refractivity contribution is -0.113. The first-order valence-electron chi connectivity index (χ1n) is 10.9. The number of hydrogen-bond donors (Lipinski definition) is 2. The largest absolute Gasteiger partial charge is 0.457 e. The maximum Gasteiger partial charge on any atom is 0.241 e. The lowest BCUT2D eigenvalue weighted by atomic mass is 10.0. The second kappa shape index (κ2) is 9.46. The Morgan fingerprint density at radius 3 is 2.62 bits per heavy atom. The van der Waals surface area contributed by atoms with Crippen LogP contribution in [0.15, 0.2) is 97.2 Å². The van der Waals surface area contributed by atoms with E-state index in [1.165, 1.54) is 6.08 Å². The molecule has 0 radical (unpaired) electrons. The van der Waals surface area contributed by atoms with Gasteiger partial charge in [-0.1, -0.05) is 53.7 Å². The molecule has 168 valence electrons. The topological polar surface area (TPSA) is 98.8 Å². The first-order valence-corrected chi connectivity index (χ1v) is 10.9. The number of nitrogens with one attached hydrogen (secondary N) is 1. The second-order valence-electron chi connectivity index (χ2n) is 7.95. The molecule has 0 saturated heterocycles. The zero-order valence-corrected chi connectivity index (χ0v) is 18.3. The number of hydrogen-bond acceptors (Lipinski definition) is 4. The summed E-state index contributed by atoms with van der Waals surface area (Å²) in [5.41, 5.74) is 8.92. The minimum Gasteiger partial charge on any atom is -0.457 e. The highest BCUT2D eigenvalue weighted by Gasteiger charge is 2.19. The molecule has 7 heteroatoms. The minimum atomic E-state index is -0.531. The molecule has 0 bridgehead atoms. The van der Waals surface area contributed by atoms with Gasteiger partial charge in [0.15, 0.2) is 0 Å². The van der Waals surface area contributed by atoms with E-state index in [1.54, 1.807) is 17.0 Å². The van der Waals surface area contributed by atoms with E-state index in [2.05, 4.69) is 33.5 Å². The summed E-state index contributed by atoms with van der Waals surface area (Å²) >= 11 is 0.